The summed E-state index contributed by atoms with van der Waals surface area (Å²) in [4.78, 5) is 26.5. The fourth-order valence-electron chi connectivity index (χ4n) is 1.42. The molecule has 90 valence electrons. The van der Waals surface area contributed by atoms with E-state index in [1.165, 1.54) is 0 Å². The predicted molar refractivity (Wildman–Crippen MR) is 67.2 cm³/mol. The minimum Gasteiger partial charge on any atom is -0.366 e. The molecule has 2 rings (SSSR count). The zero-order valence-corrected chi connectivity index (χ0v) is 9.46. The van der Waals surface area contributed by atoms with Gasteiger partial charge >= 0.3 is 0 Å². The molecule has 0 bridgehead atoms. The molecular weight excluding hydrogens is 230 g/mol. The van der Waals surface area contributed by atoms with E-state index in [0.717, 1.165) is 0 Å². The SMILES string of the molecule is NC(=O)c1ccc(NC(=O)c2ccncc2)cc1. The quantitative estimate of drug-likeness (QED) is 0.852. The second kappa shape index (κ2) is 5.09. The molecule has 1 aromatic heterocycles. The summed E-state index contributed by atoms with van der Waals surface area (Å²) in [5, 5.41) is 2.71. The van der Waals surface area contributed by atoms with Gasteiger partial charge in [0.05, 0.1) is 0 Å². The van der Waals surface area contributed by atoms with Crippen LogP contribution in [-0.4, -0.2) is 16.8 Å². The highest BCUT2D eigenvalue weighted by Crippen LogP contribution is 2.10. The van der Waals surface area contributed by atoms with E-state index in [9.17, 15) is 9.59 Å². The second-order valence-electron chi connectivity index (χ2n) is 3.63. The zero-order chi connectivity index (χ0) is 13.0. The summed E-state index contributed by atoms with van der Waals surface area (Å²) in [6, 6.07) is 9.60. The Morgan fingerprint density at radius 3 is 2.11 bits per heavy atom. The number of hydrogen-bond acceptors (Lipinski definition) is 3. The van der Waals surface area contributed by atoms with Crippen molar-refractivity contribution in [2.24, 2.45) is 5.73 Å². The summed E-state index contributed by atoms with van der Waals surface area (Å²) in [7, 11) is 0. The first-order valence-corrected chi connectivity index (χ1v) is 5.28. The number of nitrogens with two attached hydrogens (primary N) is 1. The molecule has 18 heavy (non-hydrogen) atoms. The van der Waals surface area contributed by atoms with E-state index in [4.69, 9.17) is 5.73 Å². The Morgan fingerprint density at radius 2 is 1.56 bits per heavy atom. The Labute approximate surface area is 104 Å². The normalized spacial score (nSPS) is 9.78. The van der Waals surface area contributed by atoms with Gasteiger partial charge in [0.2, 0.25) is 5.91 Å². The van der Waals surface area contributed by atoms with Gasteiger partial charge in [0.15, 0.2) is 0 Å². The van der Waals surface area contributed by atoms with Crippen molar-refractivity contribution in [1.82, 2.24) is 4.98 Å². The van der Waals surface area contributed by atoms with Crippen LogP contribution >= 0.6 is 0 Å². The van der Waals surface area contributed by atoms with Crippen LogP contribution in [0.15, 0.2) is 48.8 Å². The number of hydrogen-bond donors (Lipinski definition) is 2. The molecule has 3 N–H and O–H groups in total. The van der Waals surface area contributed by atoms with E-state index in [1.54, 1.807) is 48.8 Å². The van der Waals surface area contributed by atoms with Crippen molar-refractivity contribution in [3.05, 3.63) is 59.9 Å². The molecule has 0 aliphatic heterocycles. The number of aromatic nitrogens is 1. The van der Waals surface area contributed by atoms with Crippen molar-refractivity contribution >= 4 is 17.5 Å². The largest absolute Gasteiger partial charge is 0.366 e. The lowest BCUT2D eigenvalue weighted by Gasteiger charge is -2.05. The minimum atomic E-state index is -0.498. The van der Waals surface area contributed by atoms with Crippen molar-refractivity contribution < 1.29 is 9.59 Å². The number of carbonyl (C=O) groups is 2. The number of pyridine rings is 1. The Morgan fingerprint density at radius 1 is 0.944 bits per heavy atom. The van der Waals surface area contributed by atoms with E-state index in [2.05, 4.69) is 10.3 Å². The average Bonchev–Trinajstić information content (AvgIpc) is 2.40. The molecule has 0 spiro atoms. The summed E-state index contributed by atoms with van der Waals surface area (Å²) in [5.74, 6) is -0.730. The molecule has 0 aliphatic carbocycles. The molecule has 1 aromatic carbocycles. The van der Waals surface area contributed by atoms with Crippen LogP contribution in [0, 0.1) is 0 Å². The third kappa shape index (κ3) is 2.70. The molecule has 2 amide bonds. The monoisotopic (exact) mass is 241 g/mol. The lowest BCUT2D eigenvalue weighted by molar-refractivity contribution is 0.0998. The molecule has 0 aliphatic rings. The standard InChI is InChI=1S/C13H11N3O2/c14-12(17)9-1-3-11(4-2-9)16-13(18)10-5-7-15-8-6-10/h1-8H,(H2,14,17)(H,16,18). The Balaban J connectivity index is 2.10. The molecule has 2 aromatic rings. The molecule has 1 heterocycles. The molecule has 0 radical (unpaired) electrons. The van der Waals surface area contributed by atoms with E-state index < -0.39 is 5.91 Å². The van der Waals surface area contributed by atoms with Gasteiger partial charge < -0.3 is 11.1 Å². The second-order valence-corrected chi connectivity index (χ2v) is 3.63. The number of anilines is 1. The van der Waals surface area contributed by atoms with Gasteiger partial charge in [-0.25, -0.2) is 0 Å². The van der Waals surface area contributed by atoms with E-state index in [0.29, 0.717) is 16.8 Å². The molecule has 0 saturated heterocycles. The van der Waals surface area contributed by atoms with Crippen LogP contribution < -0.4 is 11.1 Å². The Hall–Kier alpha value is -2.69. The van der Waals surface area contributed by atoms with Gasteiger partial charge in [-0.2, -0.15) is 0 Å². The number of benzene rings is 1. The molecule has 0 saturated carbocycles. The third-order valence-corrected chi connectivity index (χ3v) is 2.37. The summed E-state index contributed by atoms with van der Waals surface area (Å²) in [5.41, 5.74) is 6.64. The summed E-state index contributed by atoms with van der Waals surface area (Å²) in [6.45, 7) is 0. The molecule has 5 heteroatoms. The lowest BCUT2D eigenvalue weighted by atomic mass is 10.2. The molecular formula is C13H11N3O2. The Kier molecular flexibility index (Phi) is 3.33. The first-order valence-electron chi connectivity index (χ1n) is 5.28. The van der Waals surface area contributed by atoms with Crippen molar-refractivity contribution in [2.75, 3.05) is 5.32 Å². The predicted octanol–water partition coefficient (Wildman–Crippen LogP) is 1.43. The van der Waals surface area contributed by atoms with E-state index in [1.807, 2.05) is 0 Å². The lowest BCUT2D eigenvalue weighted by Crippen LogP contribution is -2.13. The average molecular weight is 241 g/mol. The van der Waals surface area contributed by atoms with Crippen LogP contribution in [0.1, 0.15) is 20.7 Å². The molecule has 5 nitrogen and oxygen atoms in total. The van der Waals surface area contributed by atoms with Crippen LogP contribution in [0.25, 0.3) is 0 Å². The highest BCUT2D eigenvalue weighted by Gasteiger charge is 2.05. The van der Waals surface area contributed by atoms with E-state index in [-0.39, 0.29) is 5.91 Å². The van der Waals surface area contributed by atoms with Gasteiger partial charge in [-0.1, -0.05) is 0 Å². The highest BCUT2D eigenvalue weighted by atomic mass is 16.2. The highest BCUT2D eigenvalue weighted by molar-refractivity contribution is 6.04. The molecule has 0 unspecified atom stereocenters. The number of nitrogens with zero attached hydrogens (tertiary/aromatic N) is 1. The number of primary amides is 1. The zero-order valence-electron chi connectivity index (χ0n) is 9.46. The first kappa shape index (κ1) is 11.8. The number of carbonyl (C=O) groups excluding carboxylic acids is 2. The van der Waals surface area contributed by atoms with E-state index >= 15 is 0 Å². The van der Waals surface area contributed by atoms with Crippen LogP contribution in [0.4, 0.5) is 5.69 Å². The topological polar surface area (TPSA) is 85.1 Å². The Bertz CT molecular complexity index is 565. The minimum absolute atomic E-state index is 0.232. The van der Waals surface area contributed by atoms with Gasteiger partial charge in [0, 0.05) is 29.2 Å². The fourth-order valence-corrected chi connectivity index (χ4v) is 1.42. The maximum Gasteiger partial charge on any atom is 0.255 e. The maximum absolute atomic E-state index is 11.8. The van der Waals surface area contributed by atoms with Crippen LogP contribution in [0.2, 0.25) is 0 Å². The molecule has 0 fully saturated rings. The smallest absolute Gasteiger partial charge is 0.255 e. The maximum atomic E-state index is 11.8. The van der Waals surface area contributed by atoms with Gasteiger partial charge in [-0.3, -0.25) is 14.6 Å². The van der Waals surface area contributed by atoms with Gasteiger partial charge in [0.1, 0.15) is 0 Å². The van der Waals surface area contributed by atoms with Crippen molar-refractivity contribution in [1.29, 1.82) is 0 Å². The summed E-state index contributed by atoms with van der Waals surface area (Å²) >= 11 is 0. The molecule has 0 atom stereocenters. The van der Waals surface area contributed by atoms with Gasteiger partial charge in [0.25, 0.3) is 5.91 Å². The van der Waals surface area contributed by atoms with Crippen molar-refractivity contribution in [3.63, 3.8) is 0 Å². The number of amides is 2. The van der Waals surface area contributed by atoms with Crippen molar-refractivity contribution in [2.45, 2.75) is 0 Å². The third-order valence-electron chi connectivity index (χ3n) is 2.37. The van der Waals surface area contributed by atoms with Crippen LogP contribution in [0.5, 0.6) is 0 Å². The number of rotatable bonds is 3. The fraction of sp³-hybridized carbons (Fsp3) is 0. The summed E-state index contributed by atoms with van der Waals surface area (Å²) in [6.07, 6.45) is 3.09. The first-order chi connectivity index (χ1) is 8.66. The number of nitrogens with one attached hydrogen (secondary N) is 1. The summed E-state index contributed by atoms with van der Waals surface area (Å²) < 4.78 is 0. The van der Waals surface area contributed by atoms with Gasteiger partial charge in [-0.15, -0.1) is 0 Å². The van der Waals surface area contributed by atoms with Crippen LogP contribution in [0.3, 0.4) is 0 Å². The van der Waals surface area contributed by atoms with Crippen molar-refractivity contribution in [3.8, 4) is 0 Å². The van der Waals surface area contributed by atoms with Gasteiger partial charge in [-0.05, 0) is 36.4 Å². The van der Waals surface area contributed by atoms with Crippen LogP contribution in [-0.2, 0) is 0 Å².